The van der Waals surface area contributed by atoms with Crippen LogP contribution >= 0.6 is 0 Å². The maximum atomic E-state index is 5.67. The molecule has 0 bridgehead atoms. The summed E-state index contributed by atoms with van der Waals surface area (Å²) in [6.45, 7) is 4.02. The van der Waals surface area contributed by atoms with Crippen LogP contribution in [0.5, 0.6) is 5.75 Å². The van der Waals surface area contributed by atoms with Gasteiger partial charge in [0.2, 0.25) is 0 Å². The molecule has 0 atom stereocenters. The molecule has 0 aliphatic rings. The highest BCUT2D eigenvalue weighted by atomic mass is 16.5. The Kier molecular flexibility index (Phi) is 3.77. The molecule has 1 heterocycles. The first-order valence-electron chi connectivity index (χ1n) is 5.96. The standard InChI is InChI=1S/C14H17N3O/c1-10(2)18-12-6-4-5-11(7-12)13-8-16-9-14(15-3)17-13/h4-10H,1-3H3,(H,15,17). The number of nitrogens with zero attached hydrogens (tertiary/aromatic N) is 2. The summed E-state index contributed by atoms with van der Waals surface area (Å²) in [5.41, 5.74) is 1.83. The van der Waals surface area contributed by atoms with Crippen molar-refractivity contribution in [1.29, 1.82) is 0 Å². The smallest absolute Gasteiger partial charge is 0.144 e. The number of rotatable bonds is 4. The van der Waals surface area contributed by atoms with E-state index in [1.807, 2.05) is 45.2 Å². The predicted octanol–water partition coefficient (Wildman–Crippen LogP) is 2.97. The lowest BCUT2D eigenvalue weighted by atomic mass is 10.1. The molecule has 4 heteroatoms. The van der Waals surface area contributed by atoms with Crippen LogP contribution in [0.15, 0.2) is 36.7 Å². The Labute approximate surface area is 107 Å². The number of hydrogen-bond donors (Lipinski definition) is 1. The lowest BCUT2D eigenvalue weighted by Crippen LogP contribution is -2.05. The van der Waals surface area contributed by atoms with Gasteiger partial charge in [-0.2, -0.15) is 0 Å². The van der Waals surface area contributed by atoms with Gasteiger partial charge in [-0.15, -0.1) is 0 Å². The van der Waals surface area contributed by atoms with Crippen molar-refractivity contribution >= 4 is 5.82 Å². The first kappa shape index (κ1) is 12.4. The molecule has 0 aliphatic carbocycles. The zero-order chi connectivity index (χ0) is 13.0. The molecule has 0 amide bonds. The van der Waals surface area contributed by atoms with Crippen LogP contribution in [0.2, 0.25) is 0 Å². The fraction of sp³-hybridized carbons (Fsp3) is 0.286. The predicted molar refractivity (Wildman–Crippen MR) is 72.8 cm³/mol. The zero-order valence-corrected chi connectivity index (χ0v) is 10.8. The summed E-state index contributed by atoms with van der Waals surface area (Å²) in [6.07, 6.45) is 3.60. The second-order valence-corrected chi connectivity index (χ2v) is 4.23. The minimum atomic E-state index is 0.162. The summed E-state index contributed by atoms with van der Waals surface area (Å²) < 4.78 is 5.67. The molecule has 0 saturated carbocycles. The molecule has 0 fully saturated rings. The van der Waals surface area contributed by atoms with E-state index in [1.54, 1.807) is 12.4 Å². The molecule has 94 valence electrons. The van der Waals surface area contributed by atoms with Crippen molar-refractivity contribution in [3.05, 3.63) is 36.7 Å². The van der Waals surface area contributed by atoms with Crippen LogP contribution in [0.4, 0.5) is 5.82 Å². The number of hydrogen-bond acceptors (Lipinski definition) is 4. The highest BCUT2D eigenvalue weighted by Crippen LogP contribution is 2.23. The third kappa shape index (κ3) is 2.97. The monoisotopic (exact) mass is 243 g/mol. The summed E-state index contributed by atoms with van der Waals surface area (Å²) in [7, 11) is 1.83. The Morgan fingerprint density at radius 3 is 2.78 bits per heavy atom. The number of anilines is 1. The Morgan fingerprint density at radius 2 is 2.06 bits per heavy atom. The van der Waals surface area contributed by atoms with Crippen LogP contribution < -0.4 is 10.1 Å². The fourth-order valence-corrected chi connectivity index (χ4v) is 1.63. The average Bonchev–Trinajstić information content (AvgIpc) is 2.38. The molecule has 0 saturated heterocycles. The maximum absolute atomic E-state index is 5.67. The maximum Gasteiger partial charge on any atom is 0.144 e. The average molecular weight is 243 g/mol. The fourth-order valence-electron chi connectivity index (χ4n) is 1.63. The lowest BCUT2D eigenvalue weighted by molar-refractivity contribution is 0.242. The molecular weight excluding hydrogens is 226 g/mol. The first-order valence-corrected chi connectivity index (χ1v) is 5.96. The highest BCUT2D eigenvalue weighted by molar-refractivity contribution is 5.61. The first-order chi connectivity index (χ1) is 8.69. The number of nitrogens with one attached hydrogen (secondary N) is 1. The van der Waals surface area contributed by atoms with Crippen molar-refractivity contribution < 1.29 is 4.74 Å². The van der Waals surface area contributed by atoms with E-state index in [1.165, 1.54) is 0 Å². The topological polar surface area (TPSA) is 47.0 Å². The van der Waals surface area contributed by atoms with Crippen molar-refractivity contribution in [3.8, 4) is 17.0 Å². The van der Waals surface area contributed by atoms with Gasteiger partial charge in [0.25, 0.3) is 0 Å². The van der Waals surface area contributed by atoms with E-state index in [2.05, 4.69) is 15.3 Å². The summed E-state index contributed by atoms with van der Waals surface area (Å²) in [5, 5.41) is 2.98. The Hall–Kier alpha value is -2.10. The second-order valence-electron chi connectivity index (χ2n) is 4.23. The van der Waals surface area contributed by atoms with Gasteiger partial charge in [0.15, 0.2) is 0 Å². The molecule has 2 rings (SSSR count). The van der Waals surface area contributed by atoms with Gasteiger partial charge in [-0.1, -0.05) is 12.1 Å². The zero-order valence-electron chi connectivity index (χ0n) is 10.8. The summed E-state index contributed by atoms with van der Waals surface area (Å²) in [4.78, 5) is 8.61. The number of benzene rings is 1. The van der Waals surface area contributed by atoms with E-state index >= 15 is 0 Å². The largest absolute Gasteiger partial charge is 0.491 e. The summed E-state index contributed by atoms with van der Waals surface area (Å²) >= 11 is 0. The SMILES string of the molecule is CNc1cncc(-c2cccc(OC(C)C)c2)n1. The normalized spacial score (nSPS) is 10.4. The van der Waals surface area contributed by atoms with Crippen LogP contribution in [-0.2, 0) is 0 Å². The minimum absolute atomic E-state index is 0.162. The van der Waals surface area contributed by atoms with E-state index < -0.39 is 0 Å². The van der Waals surface area contributed by atoms with Gasteiger partial charge in [0.05, 0.1) is 24.2 Å². The Bertz CT molecular complexity index is 526. The molecule has 1 aromatic heterocycles. The third-order valence-corrected chi connectivity index (χ3v) is 2.39. The number of aromatic nitrogens is 2. The molecule has 0 aliphatic heterocycles. The molecule has 4 nitrogen and oxygen atoms in total. The van der Waals surface area contributed by atoms with E-state index in [0.717, 1.165) is 22.8 Å². The second kappa shape index (κ2) is 5.49. The molecule has 18 heavy (non-hydrogen) atoms. The van der Waals surface area contributed by atoms with Crippen LogP contribution in [0.1, 0.15) is 13.8 Å². The molecule has 1 aromatic carbocycles. The van der Waals surface area contributed by atoms with Gasteiger partial charge in [-0.05, 0) is 26.0 Å². The molecular formula is C14H17N3O. The quantitative estimate of drug-likeness (QED) is 0.896. The van der Waals surface area contributed by atoms with E-state index in [4.69, 9.17) is 4.74 Å². The van der Waals surface area contributed by atoms with Gasteiger partial charge in [-0.3, -0.25) is 4.98 Å². The van der Waals surface area contributed by atoms with E-state index in [-0.39, 0.29) is 6.10 Å². The number of ether oxygens (including phenoxy) is 1. The third-order valence-electron chi connectivity index (χ3n) is 2.39. The summed E-state index contributed by atoms with van der Waals surface area (Å²) in [6, 6.07) is 7.87. The van der Waals surface area contributed by atoms with Gasteiger partial charge >= 0.3 is 0 Å². The van der Waals surface area contributed by atoms with Crippen molar-refractivity contribution in [1.82, 2.24) is 9.97 Å². The lowest BCUT2D eigenvalue weighted by Gasteiger charge is -2.10. The van der Waals surface area contributed by atoms with Crippen LogP contribution in [0.3, 0.4) is 0 Å². The van der Waals surface area contributed by atoms with Gasteiger partial charge in [-0.25, -0.2) is 4.98 Å². The van der Waals surface area contributed by atoms with Gasteiger partial charge < -0.3 is 10.1 Å². The van der Waals surface area contributed by atoms with Gasteiger partial charge in [0.1, 0.15) is 11.6 Å². The van der Waals surface area contributed by atoms with Gasteiger partial charge in [0, 0.05) is 12.6 Å². The van der Waals surface area contributed by atoms with Crippen molar-refractivity contribution in [2.75, 3.05) is 12.4 Å². The van der Waals surface area contributed by atoms with Crippen LogP contribution in [0.25, 0.3) is 11.3 Å². The van der Waals surface area contributed by atoms with E-state index in [9.17, 15) is 0 Å². The highest BCUT2D eigenvalue weighted by Gasteiger charge is 2.04. The summed E-state index contributed by atoms with van der Waals surface area (Å²) in [5.74, 6) is 1.60. The molecule has 0 unspecified atom stereocenters. The Morgan fingerprint density at radius 1 is 1.22 bits per heavy atom. The molecule has 1 N–H and O–H groups in total. The Balaban J connectivity index is 2.32. The van der Waals surface area contributed by atoms with Crippen LogP contribution in [0, 0.1) is 0 Å². The molecule has 0 spiro atoms. The van der Waals surface area contributed by atoms with E-state index in [0.29, 0.717) is 0 Å². The minimum Gasteiger partial charge on any atom is -0.491 e. The van der Waals surface area contributed by atoms with Crippen molar-refractivity contribution in [2.24, 2.45) is 0 Å². The van der Waals surface area contributed by atoms with Crippen LogP contribution in [-0.4, -0.2) is 23.1 Å². The molecule has 2 aromatic rings. The molecule has 0 radical (unpaired) electrons. The van der Waals surface area contributed by atoms with Crippen molar-refractivity contribution in [3.63, 3.8) is 0 Å². The van der Waals surface area contributed by atoms with Crippen molar-refractivity contribution in [2.45, 2.75) is 20.0 Å².